The molecule has 136 valence electrons. The van der Waals surface area contributed by atoms with E-state index < -0.39 is 0 Å². The van der Waals surface area contributed by atoms with E-state index in [-0.39, 0.29) is 0 Å². The quantitative estimate of drug-likeness (QED) is 0.331. The van der Waals surface area contributed by atoms with Crippen LogP contribution in [0.5, 0.6) is 11.5 Å². The Morgan fingerprint density at radius 1 is 0.571 bits per heavy atom. The predicted molar refractivity (Wildman–Crippen MR) is 115 cm³/mol. The highest BCUT2D eigenvalue weighted by Crippen LogP contribution is 2.50. The fourth-order valence-corrected chi connectivity index (χ4v) is 3.83. The average molecular weight is 363 g/mol. The highest BCUT2D eigenvalue weighted by atomic mass is 16.5. The van der Waals surface area contributed by atoms with Crippen LogP contribution in [0.2, 0.25) is 0 Å². The molecule has 1 heterocycles. The van der Waals surface area contributed by atoms with Gasteiger partial charge in [-0.05, 0) is 47.5 Å². The smallest absolute Gasteiger partial charge is 0.151 e. The van der Waals surface area contributed by atoms with Gasteiger partial charge >= 0.3 is 0 Å². The molecule has 0 aromatic heterocycles. The van der Waals surface area contributed by atoms with Gasteiger partial charge in [0.2, 0.25) is 0 Å². The van der Waals surface area contributed by atoms with Crippen molar-refractivity contribution in [2.45, 2.75) is 12.8 Å². The SMILES string of the molecule is CC(c1ccccc1)c1ccc(N2c3ccccc3Oc3ccccc32)cc1. The summed E-state index contributed by atoms with van der Waals surface area (Å²) in [5.41, 5.74) is 5.89. The Labute approximate surface area is 165 Å². The fraction of sp³-hybridized carbons (Fsp3) is 0.0769. The molecule has 0 saturated carbocycles. The number of nitrogens with zero attached hydrogens (tertiary/aromatic N) is 1. The van der Waals surface area contributed by atoms with Gasteiger partial charge in [-0.15, -0.1) is 0 Å². The van der Waals surface area contributed by atoms with E-state index in [0.29, 0.717) is 5.92 Å². The summed E-state index contributed by atoms with van der Waals surface area (Å²) in [6, 6.07) is 35.9. The third-order valence-corrected chi connectivity index (χ3v) is 5.38. The van der Waals surface area contributed by atoms with Gasteiger partial charge in [0.15, 0.2) is 11.5 Å². The highest BCUT2D eigenvalue weighted by molar-refractivity contribution is 5.86. The Kier molecular flexibility index (Phi) is 4.10. The Hall–Kier alpha value is -3.52. The first-order valence-electron chi connectivity index (χ1n) is 9.62. The van der Waals surface area contributed by atoms with Gasteiger partial charge in [0.1, 0.15) is 0 Å². The topological polar surface area (TPSA) is 12.5 Å². The number of anilines is 3. The predicted octanol–water partition coefficient (Wildman–Crippen LogP) is 7.41. The van der Waals surface area contributed by atoms with E-state index in [1.807, 2.05) is 24.3 Å². The lowest BCUT2D eigenvalue weighted by Crippen LogP contribution is -2.15. The molecular formula is C26H21NO. The van der Waals surface area contributed by atoms with E-state index in [9.17, 15) is 0 Å². The molecule has 2 nitrogen and oxygen atoms in total. The molecule has 4 aromatic carbocycles. The zero-order chi connectivity index (χ0) is 18.9. The van der Waals surface area contributed by atoms with Crippen molar-refractivity contribution < 1.29 is 4.74 Å². The van der Waals surface area contributed by atoms with E-state index in [1.54, 1.807) is 0 Å². The number of ether oxygens (including phenoxy) is 1. The average Bonchev–Trinajstić information content (AvgIpc) is 2.77. The summed E-state index contributed by atoms with van der Waals surface area (Å²) in [5.74, 6) is 2.12. The van der Waals surface area contributed by atoms with E-state index in [4.69, 9.17) is 4.74 Å². The van der Waals surface area contributed by atoms with E-state index in [1.165, 1.54) is 11.1 Å². The summed E-state index contributed by atoms with van der Waals surface area (Å²) in [4.78, 5) is 2.27. The molecule has 0 amide bonds. The number of benzene rings is 4. The van der Waals surface area contributed by atoms with Crippen LogP contribution in [0.3, 0.4) is 0 Å². The number of hydrogen-bond donors (Lipinski definition) is 0. The fourth-order valence-electron chi connectivity index (χ4n) is 3.83. The van der Waals surface area contributed by atoms with Gasteiger partial charge in [0.05, 0.1) is 11.4 Å². The molecule has 2 heteroatoms. The summed E-state index contributed by atoms with van der Waals surface area (Å²) >= 11 is 0. The van der Waals surface area contributed by atoms with Crippen LogP contribution in [-0.4, -0.2) is 0 Å². The number of hydrogen-bond acceptors (Lipinski definition) is 2. The van der Waals surface area contributed by atoms with Crippen molar-refractivity contribution in [2.24, 2.45) is 0 Å². The first kappa shape index (κ1) is 16.6. The Morgan fingerprint density at radius 2 is 1.07 bits per heavy atom. The van der Waals surface area contributed by atoms with Gasteiger partial charge in [0.25, 0.3) is 0 Å². The second-order valence-corrected chi connectivity index (χ2v) is 7.10. The molecule has 0 spiro atoms. The number of rotatable bonds is 3. The zero-order valence-electron chi connectivity index (χ0n) is 15.7. The molecule has 0 saturated heterocycles. The molecular weight excluding hydrogens is 342 g/mol. The molecule has 1 aliphatic heterocycles. The first-order valence-corrected chi connectivity index (χ1v) is 9.62. The number of para-hydroxylation sites is 4. The summed E-state index contributed by atoms with van der Waals surface area (Å²) in [6.45, 7) is 2.25. The van der Waals surface area contributed by atoms with Crippen LogP contribution in [0.15, 0.2) is 103 Å². The molecule has 1 unspecified atom stereocenters. The minimum absolute atomic E-state index is 0.361. The minimum Gasteiger partial charge on any atom is -0.453 e. The molecule has 1 atom stereocenters. The van der Waals surface area contributed by atoms with Crippen LogP contribution in [0, 0.1) is 0 Å². The Bertz CT molecular complexity index is 1060. The van der Waals surface area contributed by atoms with Crippen LogP contribution in [0.25, 0.3) is 0 Å². The maximum absolute atomic E-state index is 6.11. The third kappa shape index (κ3) is 2.84. The summed E-state index contributed by atoms with van der Waals surface area (Å²) in [7, 11) is 0. The normalized spacial score (nSPS) is 13.2. The van der Waals surface area contributed by atoms with Crippen molar-refractivity contribution in [1.82, 2.24) is 0 Å². The van der Waals surface area contributed by atoms with Crippen LogP contribution in [-0.2, 0) is 0 Å². The summed E-state index contributed by atoms with van der Waals surface area (Å²) < 4.78 is 6.11. The summed E-state index contributed by atoms with van der Waals surface area (Å²) in [6.07, 6.45) is 0. The van der Waals surface area contributed by atoms with Gasteiger partial charge < -0.3 is 9.64 Å². The van der Waals surface area contributed by atoms with Gasteiger partial charge in [-0.2, -0.15) is 0 Å². The molecule has 0 aliphatic carbocycles. The molecule has 0 fully saturated rings. The molecule has 28 heavy (non-hydrogen) atoms. The van der Waals surface area contributed by atoms with Crippen molar-refractivity contribution in [2.75, 3.05) is 4.90 Å². The van der Waals surface area contributed by atoms with Gasteiger partial charge in [-0.1, -0.05) is 73.7 Å². The maximum Gasteiger partial charge on any atom is 0.151 e. The highest BCUT2D eigenvalue weighted by Gasteiger charge is 2.25. The standard InChI is InChI=1S/C26H21NO/c1-19(20-9-3-2-4-10-20)21-15-17-22(18-16-21)27-23-11-5-7-13-25(23)28-26-14-8-6-12-24(26)27/h2-19H,1H3. The molecule has 5 rings (SSSR count). The van der Waals surface area contributed by atoms with Crippen molar-refractivity contribution in [3.8, 4) is 11.5 Å². The molecule has 4 aromatic rings. The molecule has 0 bridgehead atoms. The van der Waals surface area contributed by atoms with E-state index in [2.05, 4.69) is 90.7 Å². The zero-order valence-corrected chi connectivity index (χ0v) is 15.7. The summed E-state index contributed by atoms with van der Waals surface area (Å²) in [5, 5.41) is 0. The van der Waals surface area contributed by atoms with Crippen LogP contribution >= 0.6 is 0 Å². The maximum atomic E-state index is 6.11. The van der Waals surface area contributed by atoms with Crippen LogP contribution in [0.1, 0.15) is 24.0 Å². The van der Waals surface area contributed by atoms with Crippen molar-refractivity contribution in [3.05, 3.63) is 114 Å². The minimum atomic E-state index is 0.361. The molecule has 1 aliphatic rings. The van der Waals surface area contributed by atoms with Gasteiger partial charge in [-0.3, -0.25) is 0 Å². The van der Waals surface area contributed by atoms with Gasteiger partial charge in [0, 0.05) is 11.6 Å². The largest absolute Gasteiger partial charge is 0.453 e. The van der Waals surface area contributed by atoms with Crippen LogP contribution in [0.4, 0.5) is 17.1 Å². The van der Waals surface area contributed by atoms with Crippen molar-refractivity contribution in [1.29, 1.82) is 0 Å². The van der Waals surface area contributed by atoms with Gasteiger partial charge in [-0.25, -0.2) is 0 Å². The lowest BCUT2D eigenvalue weighted by atomic mass is 9.93. The molecule has 0 radical (unpaired) electrons. The van der Waals surface area contributed by atoms with E-state index >= 15 is 0 Å². The lowest BCUT2D eigenvalue weighted by Gasteiger charge is -2.32. The first-order chi connectivity index (χ1) is 13.8. The second kappa shape index (κ2) is 6.90. The molecule has 0 N–H and O–H groups in total. The Morgan fingerprint density at radius 3 is 1.68 bits per heavy atom. The monoisotopic (exact) mass is 363 g/mol. The van der Waals surface area contributed by atoms with E-state index in [0.717, 1.165) is 28.6 Å². The van der Waals surface area contributed by atoms with Crippen molar-refractivity contribution in [3.63, 3.8) is 0 Å². The van der Waals surface area contributed by atoms with Crippen LogP contribution < -0.4 is 9.64 Å². The van der Waals surface area contributed by atoms with Crippen molar-refractivity contribution >= 4 is 17.1 Å². The second-order valence-electron chi connectivity index (χ2n) is 7.10. The Balaban J connectivity index is 1.55. The lowest BCUT2D eigenvalue weighted by molar-refractivity contribution is 0.477. The number of fused-ring (bicyclic) bond motifs is 2. The third-order valence-electron chi connectivity index (χ3n) is 5.38.